The minimum absolute atomic E-state index is 1.02. The molecule has 4 aromatic rings. The second-order valence-corrected chi connectivity index (χ2v) is 8.63. The first-order valence-electron chi connectivity index (χ1n) is 10.1. The molecule has 0 radical (unpaired) electrons. The molecule has 0 amide bonds. The summed E-state index contributed by atoms with van der Waals surface area (Å²) in [5.41, 5.74) is 8.05. The van der Waals surface area contributed by atoms with Crippen molar-refractivity contribution in [3.8, 4) is 21.8 Å². The van der Waals surface area contributed by atoms with Crippen LogP contribution >= 0.6 is 11.3 Å². The summed E-state index contributed by atoms with van der Waals surface area (Å²) in [5, 5.41) is 7.91. The Kier molecular flexibility index (Phi) is 4.60. The van der Waals surface area contributed by atoms with Crippen LogP contribution in [0.25, 0.3) is 32.7 Å². The summed E-state index contributed by atoms with van der Waals surface area (Å²) in [7, 11) is 0. The van der Waals surface area contributed by atoms with E-state index in [2.05, 4.69) is 62.8 Å². The molecule has 6 heteroatoms. The standard InChI is InChI=1S/C23H25N5S/c1-14-10-18(11-15(2)25-14)22-16(3)19-5-4-17(12-20(19)26-22)23-27-21(13-29-23)28-8-6-24-7-9-28/h4-5,10-13,24,26H,6-9H2,1-3H3. The fourth-order valence-electron chi connectivity index (χ4n) is 4.18. The zero-order chi connectivity index (χ0) is 20.0. The van der Waals surface area contributed by atoms with Gasteiger partial charge < -0.3 is 15.2 Å². The first kappa shape index (κ1) is 18.3. The number of anilines is 1. The van der Waals surface area contributed by atoms with Crippen LogP contribution in [0.4, 0.5) is 5.82 Å². The fraction of sp³-hybridized carbons (Fsp3) is 0.304. The van der Waals surface area contributed by atoms with E-state index in [0.717, 1.165) is 53.9 Å². The summed E-state index contributed by atoms with van der Waals surface area (Å²) in [4.78, 5) is 15.4. The summed E-state index contributed by atoms with van der Waals surface area (Å²) < 4.78 is 0. The molecule has 29 heavy (non-hydrogen) atoms. The number of H-pyrrole nitrogens is 1. The number of fused-ring (bicyclic) bond motifs is 1. The lowest BCUT2D eigenvalue weighted by Gasteiger charge is -2.27. The van der Waals surface area contributed by atoms with E-state index < -0.39 is 0 Å². The van der Waals surface area contributed by atoms with E-state index in [1.165, 1.54) is 27.8 Å². The zero-order valence-corrected chi connectivity index (χ0v) is 17.9. The van der Waals surface area contributed by atoms with Crippen LogP contribution in [-0.2, 0) is 0 Å². The summed E-state index contributed by atoms with van der Waals surface area (Å²) >= 11 is 1.72. The van der Waals surface area contributed by atoms with Crippen LogP contribution in [0.2, 0.25) is 0 Å². The third kappa shape index (κ3) is 3.43. The molecule has 5 rings (SSSR count). The van der Waals surface area contributed by atoms with Crippen LogP contribution in [0, 0.1) is 20.8 Å². The van der Waals surface area contributed by atoms with E-state index in [0.29, 0.717) is 0 Å². The molecule has 3 aromatic heterocycles. The van der Waals surface area contributed by atoms with Gasteiger partial charge in [-0.1, -0.05) is 12.1 Å². The molecule has 0 spiro atoms. The van der Waals surface area contributed by atoms with Crippen LogP contribution in [0.1, 0.15) is 17.0 Å². The van der Waals surface area contributed by atoms with Crippen LogP contribution < -0.4 is 10.2 Å². The monoisotopic (exact) mass is 403 g/mol. The summed E-state index contributed by atoms with van der Waals surface area (Å²) in [6.45, 7) is 10.4. The number of hydrogen-bond acceptors (Lipinski definition) is 5. The Labute approximate surface area is 174 Å². The second-order valence-electron chi connectivity index (χ2n) is 7.77. The van der Waals surface area contributed by atoms with Gasteiger partial charge in [-0.25, -0.2) is 4.98 Å². The number of piperazine rings is 1. The molecule has 0 unspecified atom stereocenters. The number of rotatable bonds is 3. The van der Waals surface area contributed by atoms with Crippen molar-refractivity contribution in [2.75, 3.05) is 31.1 Å². The lowest BCUT2D eigenvalue weighted by molar-refractivity contribution is 0.586. The molecule has 1 fully saturated rings. The van der Waals surface area contributed by atoms with E-state index in [-0.39, 0.29) is 0 Å². The molecule has 1 saturated heterocycles. The maximum absolute atomic E-state index is 4.92. The van der Waals surface area contributed by atoms with Crippen molar-refractivity contribution in [2.45, 2.75) is 20.8 Å². The van der Waals surface area contributed by atoms with Crippen LogP contribution in [0.5, 0.6) is 0 Å². The van der Waals surface area contributed by atoms with Crippen LogP contribution in [0.15, 0.2) is 35.7 Å². The van der Waals surface area contributed by atoms with Gasteiger partial charge >= 0.3 is 0 Å². The third-order valence-corrected chi connectivity index (χ3v) is 6.49. The fourth-order valence-corrected chi connectivity index (χ4v) is 5.00. The van der Waals surface area contributed by atoms with Crippen LogP contribution in [0.3, 0.4) is 0 Å². The van der Waals surface area contributed by atoms with E-state index in [4.69, 9.17) is 4.98 Å². The first-order valence-corrected chi connectivity index (χ1v) is 11.0. The maximum Gasteiger partial charge on any atom is 0.140 e. The highest BCUT2D eigenvalue weighted by Crippen LogP contribution is 2.34. The summed E-state index contributed by atoms with van der Waals surface area (Å²) in [5.74, 6) is 1.10. The normalized spacial score (nSPS) is 14.7. The number of pyridine rings is 1. The zero-order valence-electron chi connectivity index (χ0n) is 17.0. The van der Waals surface area contributed by atoms with Crippen molar-refractivity contribution < 1.29 is 0 Å². The number of benzene rings is 1. The van der Waals surface area contributed by atoms with Crippen molar-refractivity contribution in [1.29, 1.82) is 0 Å². The Morgan fingerprint density at radius 3 is 2.45 bits per heavy atom. The molecule has 0 bridgehead atoms. The molecular formula is C23H25N5S. The molecule has 0 atom stereocenters. The summed E-state index contributed by atoms with van der Waals surface area (Å²) in [6.07, 6.45) is 0. The molecule has 5 nitrogen and oxygen atoms in total. The van der Waals surface area contributed by atoms with Gasteiger partial charge in [0, 0.05) is 70.7 Å². The van der Waals surface area contributed by atoms with Crippen molar-refractivity contribution in [1.82, 2.24) is 20.3 Å². The number of thiazole rings is 1. The number of aromatic amines is 1. The Bertz CT molecular complexity index is 1160. The highest BCUT2D eigenvalue weighted by atomic mass is 32.1. The molecule has 0 aliphatic carbocycles. The topological polar surface area (TPSA) is 56.8 Å². The average Bonchev–Trinajstić information content (AvgIpc) is 3.33. The Hall–Kier alpha value is -2.70. The largest absolute Gasteiger partial charge is 0.354 e. The highest BCUT2D eigenvalue weighted by molar-refractivity contribution is 7.13. The third-order valence-electron chi connectivity index (χ3n) is 5.61. The van der Waals surface area contributed by atoms with Crippen molar-refractivity contribution >= 4 is 28.1 Å². The number of aryl methyl sites for hydroxylation is 3. The molecular weight excluding hydrogens is 378 g/mol. The molecule has 1 aromatic carbocycles. The van der Waals surface area contributed by atoms with Crippen molar-refractivity contribution in [3.63, 3.8) is 0 Å². The molecule has 1 aliphatic heterocycles. The van der Waals surface area contributed by atoms with Gasteiger partial charge in [0.2, 0.25) is 0 Å². The minimum atomic E-state index is 1.02. The lowest BCUT2D eigenvalue weighted by atomic mass is 10.1. The van der Waals surface area contributed by atoms with Gasteiger partial charge in [-0.2, -0.15) is 0 Å². The number of aromatic nitrogens is 3. The number of nitrogens with one attached hydrogen (secondary N) is 2. The van der Waals surface area contributed by atoms with E-state index in [1.54, 1.807) is 11.3 Å². The first-order chi connectivity index (χ1) is 14.1. The van der Waals surface area contributed by atoms with Gasteiger partial charge in [-0.05, 0) is 44.5 Å². The Morgan fingerprint density at radius 2 is 1.69 bits per heavy atom. The molecule has 2 N–H and O–H groups in total. The smallest absolute Gasteiger partial charge is 0.140 e. The molecule has 148 valence electrons. The van der Waals surface area contributed by atoms with E-state index in [9.17, 15) is 0 Å². The Morgan fingerprint density at radius 1 is 0.931 bits per heavy atom. The average molecular weight is 404 g/mol. The van der Waals surface area contributed by atoms with Gasteiger partial charge in [0.25, 0.3) is 0 Å². The number of nitrogens with zero attached hydrogens (tertiary/aromatic N) is 3. The van der Waals surface area contributed by atoms with Crippen LogP contribution in [-0.4, -0.2) is 41.1 Å². The van der Waals surface area contributed by atoms with Crippen molar-refractivity contribution in [2.24, 2.45) is 0 Å². The van der Waals surface area contributed by atoms with Gasteiger partial charge in [-0.3, -0.25) is 4.98 Å². The summed E-state index contributed by atoms with van der Waals surface area (Å²) in [6, 6.07) is 10.9. The second kappa shape index (κ2) is 7.28. The Balaban J connectivity index is 1.52. The lowest BCUT2D eigenvalue weighted by Crippen LogP contribution is -2.43. The van der Waals surface area contributed by atoms with Gasteiger partial charge in [0.05, 0.1) is 0 Å². The van der Waals surface area contributed by atoms with Crippen molar-refractivity contribution in [3.05, 3.63) is 52.7 Å². The van der Waals surface area contributed by atoms with E-state index in [1.807, 2.05) is 13.8 Å². The maximum atomic E-state index is 4.92. The number of hydrogen-bond donors (Lipinski definition) is 2. The van der Waals surface area contributed by atoms with Gasteiger partial charge in [-0.15, -0.1) is 11.3 Å². The van der Waals surface area contributed by atoms with E-state index >= 15 is 0 Å². The van der Waals surface area contributed by atoms with Gasteiger partial charge in [0.1, 0.15) is 10.8 Å². The minimum Gasteiger partial charge on any atom is -0.354 e. The quantitative estimate of drug-likeness (QED) is 0.521. The highest BCUT2D eigenvalue weighted by Gasteiger charge is 2.16. The van der Waals surface area contributed by atoms with Gasteiger partial charge in [0.15, 0.2) is 0 Å². The predicted octanol–water partition coefficient (Wildman–Crippen LogP) is 4.69. The SMILES string of the molecule is Cc1cc(-c2[nH]c3cc(-c4nc(N5CCNCC5)cs4)ccc3c2C)cc(C)n1. The molecule has 1 aliphatic rings. The predicted molar refractivity (Wildman–Crippen MR) is 122 cm³/mol. The molecule has 0 saturated carbocycles. The molecule has 4 heterocycles.